The SMILES string of the molecule is CCc1c(-c2nnc(SCc3ccc(C)cc3)n2C)csc1C. The van der Waals surface area contributed by atoms with E-state index in [4.69, 9.17) is 0 Å². The van der Waals surface area contributed by atoms with Crippen LogP contribution in [0.1, 0.15) is 28.5 Å². The van der Waals surface area contributed by atoms with Gasteiger partial charge < -0.3 is 4.57 Å². The van der Waals surface area contributed by atoms with Gasteiger partial charge in [0.25, 0.3) is 0 Å². The van der Waals surface area contributed by atoms with Gasteiger partial charge in [-0.05, 0) is 31.4 Å². The Morgan fingerprint density at radius 2 is 1.87 bits per heavy atom. The zero-order chi connectivity index (χ0) is 16.4. The van der Waals surface area contributed by atoms with Crippen molar-refractivity contribution in [3.63, 3.8) is 0 Å². The summed E-state index contributed by atoms with van der Waals surface area (Å²) in [6, 6.07) is 8.66. The monoisotopic (exact) mass is 343 g/mol. The average Bonchev–Trinajstić information content (AvgIpc) is 3.09. The second-order valence-electron chi connectivity index (χ2n) is 5.68. The molecule has 0 spiro atoms. The minimum atomic E-state index is 0.912. The first-order valence-corrected chi connectivity index (χ1v) is 9.61. The fraction of sp³-hybridized carbons (Fsp3) is 0.333. The highest BCUT2D eigenvalue weighted by Gasteiger charge is 2.16. The summed E-state index contributed by atoms with van der Waals surface area (Å²) in [5.74, 6) is 1.88. The standard InChI is InChI=1S/C18H21N3S2/c1-5-15-13(3)22-11-16(15)17-19-20-18(21(17)4)23-10-14-8-6-12(2)7-9-14/h6-9,11H,5,10H2,1-4H3. The molecule has 3 aromatic rings. The van der Waals surface area contributed by atoms with Crippen LogP contribution >= 0.6 is 23.1 Å². The zero-order valence-corrected chi connectivity index (χ0v) is 15.6. The van der Waals surface area contributed by atoms with Crippen LogP contribution in [0.4, 0.5) is 0 Å². The molecule has 0 radical (unpaired) electrons. The number of aromatic nitrogens is 3. The van der Waals surface area contributed by atoms with E-state index in [0.29, 0.717) is 0 Å². The molecule has 2 heterocycles. The highest BCUT2D eigenvalue weighted by Crippen LogP contribution is 2.32. The van der Waals surface area contributed by atoms with Crippen molar-refractivity contribution >= 4 is 23.1 Å². The fourth-order valence-electron chi connectivity index (χ4n) is 2.61. The van der Waals surface area contributed by atoms with Gasteiger partial charge in [0.1, 0.15) is 0 Å². The number of benzene rings is 1. The predicted octanol–water partition coefficient (Wildman–Crippen LogP) is 5.02. The zero-order valence-electron chi connectivity index (χ0n) is 14.0. The van der Waals surface area contributed by atoms with Gasteiger partial charge in [0.2, 0.25) is 0 Å². The molecule has 5 heteroatoms. The second-order valence-corrected chi connectivity index (χ2v) is 7.70. The lowest BCUT2D eigenvalue weighted by Crippen LogP contribution is -1.96. The summed E-state index contributed by atoms with van der Waals surface area (Å²) in [6.45, 7) is 6.48. The highest BCUT2D eigenvalue weighted by atomic mass is 32.2. The van der Waals surface area contributed by atoms with E-state index < -0.39 is 0 Å². The number of thioether (sulfide) groups is 1. The Morgan fingerprint density at radius 1 is 1.13 bits per heavy atom. The van der Waals surface area contributed by atoms with Crippen LogP contribution in [0.5, 0.6) is 0 Å². The van der Waals surface area contributed by atoms with Crippen LogP contribution in [0, 0.1) is 13.8 Å². The van der Waals surface area contributed by atoms with Crippen molar-refractivity contribution in [3.8, 4) is 11.4 Å². The van der Waals surface area contributed by atoms with Gasteiger partial charge in [-0.2, -0.15) is 0 Å². The normalized spacial score (nSPS) is 11.1. The van der Waals surface area contributed by atoms with Gasteiger partial charge in [0.05, 0.1) is 0 Å². The van der Waals surface area contributed by atoms with Crippen molar-refractivity contribution in [2.75, 3.05) is 0 Å². The highest BCUT2D eigenvalue weighted by molar-refractivity contribution is 7.98. The summed E-state index contributed by atoms with van der Waals surface area (Å²) >= 11 is 3.53. The summed E-state index contributed by atoms with van der Waals surface area (Å²) in [7, 11) is 2.05. The largest absolute Gasteiger partial charge is 0.305 e. The Bertz CT molecular complexity index is 800. The molecule has 1 aromatic carbocycles. The van der Waals surface area contributed by atoms with Crippen molar-refractivity contribution < 1.29 is 0 Å². The third kappa shape index (κ3) is 3.35. The number of nitrogens with zero attached hydrogens (tertiary/aromatic N) is 3. The van der Waals surface area contributed by atoms with Gasteiger partial charge in [-0.1, -0.05) is 48.5 Å². The number of rotatable bonds is 5. The minimum absolute atomic E-state index is 0.912. The van der Waals surface area contributed by atoms with E-state index in [1.54, 1.807) is 23.1 Å². The molecule has 23 heavy (non-hydrogen) atoms. The molecule has 120 valence electrons. The summed E-state index contributed by atoms with van der Waals surface area (Å²) in [4.78, 5) is 1.37. The lowest BCUT2D eigenvalue weighted by molar-refractivity contribution is 0.793. The molecule has 0 unspecified atom stereocenters. The van der Waals surface area contributed by atoms with Gasteiger partial charge in [0, 0.05) is 28.6 Å². The third-order valence-corrected chi connectivity index (χ3v) is 6.07. The number of aryl methyl sites for hydroxylation is 2. The van der Waals surface area contributed by atoms with E-state index in [1.807, 2.05) is 0 Å². The van der Waals surface area contributed by atoms with Crippen molar-refractivity contribution in [1.29, 1.82) is 0 Å². The topological polar surface area (TPSA) is 30.7 Å². The van der Waals surface area contributed by atoms with Gasteiger partial charge in [-0.3, -0.25) is 0 Å². The van der Waals surface area contributed by atoms with Crippen LogP contribution < -0.4 is 0 Å². The number of hydrogen-bond donors (Lipinski definition) is 0. The fourth-order valence-corrected chi connectivity index (χ4v) is 4.42. The van der Waals surface area contributed by atoms with Gasteiger partial charge in [-0.25, -0.2) is 0 Å². The minimum Gasteiger partial charge on any atom is -0.305 e. The van der Waals surface area contributed by atoms with Crippen LogP contribution in [-0.4, -0.2) is 14.8 Å². The number of thiophene rings is 1. The van der Waals surface area contributed by atoms with E-state index in [2.05, 4.69) is 72.2 Å². The molecule has 0 saturated heterocycles. The smallest absolute Gasteiger partial charge is 0.191 e. The van der Waals surface area contributed by atoms with E-state index in [-0.39, 0.29) is 0 Å². The maximum Gasteiger partial charge on any atom is 0.191 e. The summed E-state index contributed by atoms with van der Waals surface area (Å²) in [5, 5.41) is 12.0. The van der Waals surface area contributed by atoms with E-state index in [0.717, 1.165) is 23.2 Å². The van der Waals surface area contributed by atoms with Crippen LogP contribution in [0.3, 0.4) is 0 Å². The lowest BCUT2D eigenvalue weighted by Gasteiger charge is -2.05. The molecule has 0 N–H and O–H groups in total. The average molecular weight is 344 g/mol. The van der Waals surface area contributed by atoms with Gasteiger partial charge in [0.15, 0.2) is 11.0 Å². The van der Waals surface area contributed by atoms with Crippen molar-refractivity contribution in [2.24, 2.45) is 7.05 Å². The molecule has 0 aliphatic rings. The molecule has 0 fully saturated rings. The molecule has 2 aromatic heterocycles. The summed E-state index contributed by atoms with van der Waals surface area (Å²) in [6.07, 6.45) is 1.03. The molecule has 0 aliphatic carbocycles. The van der Waals surface area contributed by atoms with E-state index in [9.17, 15) is 0 Å². The molecule has 0 aliphatic heterocycles. The van der Waals surface area contributed by atoms with Gasteiger partial charge in [-0.15, -0.1) is 21.5 Å². The second kappa shape index (κ2) is 6.89. The van der Waals surface area contributed by atoms with E-state index in [1.165, 1.54) is 27.1 Å². The van der Waals surface area contributed by atoms with Crippen LogP contribution in [0.25, 0.3) is 11.4 Å². The maximum absolute atomic E-state index is 4.43. The Kier molecular flexibility index (Phi) is 4.87. The maximum atomic E-state index is 4.43. The molecule has 0 atom stereocenters. The van der Waals surface area contributed by atoms with Crippen LogP contribution in [-0.2, 0) is 19.2 Å². The van der Waals surface area contributed by atoms with Crippen molar-refractivity contribution in [3.05, 3.63) is 51.2 Å². The van der Waals surface area contributed by atoms with Crippen LogP contribution in [0.15, 0.2) is 34.8 Å². The molecular formula is C18H21N3S2. The lowest BCUT2D eigenvalue weighted by atomic mass is 10.1. The quantitative estimate of drug-likeness (QED) is 0.610. The molecule has 0 amide bonds. The predicted molar refractivity (Wildman–Crippen MR) is 99.2 cm³/mol. The first-order valence-electron chi connectivity index (χ1n) is 7.75. The van der Waals surface area contributed by atoms with Crippen molar-refractivity contribution in [2.45, 2.75) is 38.1 Å². The summed E-state index contributed by atoms with van der Waals surface area (Å²) < 4.78 is 2.11. The molecule has 3 rings (SSSR count). The third-order valence-electron chi connectivity index (χ3n) is 4.02. The Labute approximate surface area is 145 Å². The molecular weight excluding hydrogens is 322 g/mol. The van der Waals surface area contributed by atoms with E-state index >= 15 is 0 Å². The van der Waals surface area contributed by atoms with Gasteiger partial charge >= 0.3 is 0 Å². The Balaban J connectivity index is 1.80. The molecule has 0 saturated carbocycles. The van der Waals surface area contributed by atoms with Crippen molar-refractivity contribution in [1.82, 2.24) is 14.8 Å². The Hall–Kier alpha value is -1.59. The molecule has 0 bridgehead atoms. The number of hydrogen-bond acceptors (Lipinski definition) is 4. The first kappa shape index (κ1) is 16.3. The Morgan fingerprint density at radius 3 is 2.57 bits per heavy atom. The first-order chi connectivity index (χ1) is 11.1. The summed E-state index contributed by atoms with van der Waals surface area (Å²) in [5.41, 5.74) is 5.22. The molecule has 3 nitrogen and oxygen atoms in total. The van der Waals surface area contributed by atoms with Crippen LogP contribution in [0.2, 0.25) is 0 Å².